The van der Waals surface area contributed by atoms with Gasteiger partial charge in [-0.15, -0.1) is 6.58 Å². The van der Waals surface area contributed by atoms with Gasteiger partial charge in [0.25, 0.3) is 0 Å². The molecule has 3 aromatic carbocycles. The minimum Gasteiger partial charge on any atom is -0.494 e. The molecule has 0 heterocycles. The van der Waals surface area contributed by atoms with Crippen molar-refractivity contribution in [3.05, 3.63) is 96.1 Å². The molecule has 0 amide bonds. The second-order valence-electron chi connectivity index (χ2n) is 14.4. The van der Waals surface area contributed by atoms with Crippen molar-refractivity contribution in [2.24, 2.45) is 0 Å². The van der Waals surface area contributed by atoms with Gasteiger partial charge >= 0.3 is 17.9 Å². The minimum absolute atomic E-state index is 0.00888. The zero-order valence-electron chi connectivity index (χ0n) is 34.2. The Morgan fingerprint density at radius 3 is 1.41 bits per heavy atom. The topological polar surface area (TPSA) is 97.4 Å². The number of hydrogen-bond donors (Lipinski definition) is 0. The zero-order valence-corrected chi connectivity index (χ0v) is 34.2. The van der Waals surface area contributed by atoms with Crippen molar-refractivity contribution in [3.8, 4) is 23.0 Å². The van der Waals surface area contributed by atoms with Gasteiger partial charge in [-0.3, -0.25) is 0 Å². The molecule has 0 N–H and O–H groups in total. The quantitative estimate of drug-likeness (QED) is 0.0276. The molecule has 56 heavy (non-hydrogen) atoms. The molecule has 0 fully saturated rings. The van der Waals surface area contributed by atoms with Crippen LogP contribution in [0.5, 0.6) is 23.0 Å². The summed E-state index contributed by atoms with van der Waals surface area (Å²) in [7, 11) is 0. The molecular weight excluding hydrogens is 705 g/mol. The van der Waals surface area contributed by atoms with E-state index < -0.39 is 17.9 Å². The molecule has 0 atom stereocenters. The van der Waals surface area contributed by atoms with Gasteiger partial charge in [0.15, 0.2) is 0 Å². The first-order valence-corrected chi connectivity index (χ1v) is 21.3. The van der Waals surface area contributed by atoms with Gasteiger partial charge in [-0.1, -0.05) is 116 Å². The maximum absolute atomic E-state index is 13.4. The first-order chi connectivity index (χ1) is 27.4. The number of benzene rings is 3. The van der Waals surface area contributed by atoms with Crippen molar-refractivity contribution in [3.63, 3.8) is 0 Å². The maximum atomic E-state index is 13.4. The van der Waals surface area contributed by atoms with E-state index in [1.165, 1.54) is 88.8 Å². The van der Waals surface area contributed by atoms with Crippen molar-refractivity contribution >= 4 is 17.9 Å². The van der Waals surface area contributed by atoms with E-state index in [9.17, 15) is 14.4 Å². The summed E-state index contributed by atoms with van der Waals surface area (Å²) in [6, 6.07) is 17.9. The van der Waals surface area contributed by atoms with Gasteiger partial charge in [0.2, 0.25) is 0 Å². The number of carbonyl (C=O) groups excluding carboxylic acids is 3. The highest BCUT2D eigenvalue weighted by molar-refractivity contribution is 5.97. The number of ether oxygens (including phenoxy) is 5. The number of esters is 3. The molecule has 3 aromatic rings. The summed E-state index contributed by atoms with van der Waals surface area (Å²) in [5, 5.41) is 0. The van der Waals surface area contributed by atoms with Gasteiger partial charge < -0.3 is 23.7 Å². The number of hydrogen-bond acceptors (Lipinski definition) is 8. The summed E-state index contributed by atoms with van der Waals surface area (Å²) in [4.78, 5) is 39.7. The van der Waals surface area contributed by atoms with Gasteiger partial charge in [0, 0.05) is 0 Å². The highest BCUT2D eigenvalue weighted by atomic mass is 16.6. The summed E-state index contributed by atoms with van der Waals surface area (Å²) in [5.41, 5.74) is 0.621. The molecule has 0 spiro atoms. The standard InChI is InChI=1S/C48H66O8/c1-4-7-10-13-16-17-18-21-24-37-54-48(51)44-38-43(55-46(49)39-25-29-41(30-26-39)52-35-22-19-14-11-8-5-2)33-34-45(44)56-47(50)40-27-31-42(32-28-40)53-36-23-20-15-12-9-6-3/h4,25-34,38H,1,5-24,35-37H2,2-3H3. The van der Waals surface area contributed by atoms with Crippen LogP contribution in [0.4, 0.5) is 0 Å². The van der Waals surface area contributed by atoms with E-state index >= 15 is 0 Å². The molecule has 8 nitrogen and oxygen atoms in total. The fraction of sp³-hybridized carbons (Fsp3) is 0.521. The number of carbonyl (C=O) groups is 3. The first-order valence-electron chi connectivity index (χ1n) is 21.3. The second-order valence-corrected chi connectivity index (χ2v) is 14.4. The van der Waals surface area contributed by atoms with E-state index in [0.29, 0.717) is 42.3 Å². The molecule has 0 aromatic heterocycles. The molecule has 0 bridgehead atoms. The van der Waals surface area contributed by atoms with Crippen molar-refractivity contribution in [2.75, 3.05) is 19.8 Å². The fourth-order valence-electron chi connectivity index (χ4n) is 6.18. The van der Waals surface area contributed by atoms with Gasteiger partial charge in [0.05, 0.1) is 30.9 Å². The van der Waals surface area contributed by atoms with E-state index in [0.717, 1.165) is 51.4 Å². The minimum atomic E-state index is -0.666. The van der Waals surface area contributed by atoms with Gasteiger partial charge in [-0.05, 0) is 98.8 Å². The largest absolute Gasteiger partial charge is 0.494 e. The Balaban J connectivity index is 1.60. The third kappa shape index (κ3) is 18.8. The van der Waals surface area contributed by atoms with Crippen LogP contribution in [0.3, 0.4) is 0 Å². The van der Waals surface area contributed by atoms with Gasteiger partial charge in [-0.2, -0.15) is 0 Å². The molecule has 8 heteroatoms. The number of allylic oxidation sites excluding steroid dienone is 1. The molecular formula is C48H66O8. The van der Waals surface area contributed by atoms with Crippen LogP contribution in [0.1, 0.15) is 173 Å². The molecule has 0 aliphatic carbocycles. The average Bonchev–Trinajstić information content (AvgIpc) is 3.21. The Bertz CT molecular complexity index is 1550. The lowest BCUT2D eigenvalue weighted by atomic mass is 10.1. The SMILES string of the molecule is C=CCCCCCCCCCOC(=O)c1cc(OC(=O)c2ccc(OCCCCCCCC)cc2)ccc1OC(=O)c1ccc(OCCCCCCCC)cc1. The molecule has 0 radical (unpaired) electrons. The van der Waals surface area contributed by atoms with Crippen LogP contribution < -0.4 is 18.9 Å². The van der Waals surface area contributed by atoms with Crippen LogP contribution in [0, 0.1) is 0 Å². The average molecular weight is 771 g/mol. The van der Waals surface area contributed by atoms with E-state index in [-0.39, 0.29) is 23.7 Å². The summed E-state index contributed by atoms with van der Waals surface area (Å²) < 4.78 is 28.7. The molecule has 0 saturated carbocycles. The Hall–Kier alpha value is -4.59. The fourth-order valence-corrected chi connectivity index (χ4v) is 6.18. The maximum Gasteiger partial charge on any atom is 0.343 e. The molecule has 0 aliphatic heterocycles. The van der Waals surface area contributed by atoms with Gasteiger partial charge in [-0.25, -0.2) is 14.4 Å². The summed E-state index contributed by atoms with van der Waals surface area (Å²) in [5.74, 6) is -0.416. The van der Waals surface area contributed by atoms with Crippen molar-refractivity contribution < 1.29 is 38.1 Å². The van der Waals surface area contributed by atoms with Crippen LogP contribution in [0.25, 0.3) is 0 Å². The Kier molecular flexibility index (Phi) is 23.5. The second kappa shape index (κ2) is 28.8. The molecule has 0 aliphatic rings. The van der Waals surface area contributed by atoms with E-state index in [1.54, 1.807) is 48.5 Å². The molecule has 0 unspecified atom stereocenters. The van der Waals surface area contributed by atoms with E-state index in [2.05, 4.69) is 20.4 Å². The lowest BCUT2D eigenvalue weighted by molar-refractivity contribution is 0.0490. The number of unbranched alkanes of at least 4 members (excludes halogenated alkanes) is 17. The van der Waals surface area contributed by atoms with Crippen molar-refractivity contribution in [1.29, 1.82) is 0 Å². The summed E-state index contributed by atoms with van der Waals surface area (Å²) in [6.07, 6.45) is 24.6. The Morgan fingerprint density at radius 2 is 0.911 bits per heavy atom. The number of rotatable bonds is 31. The smallest absolute Gasteiger partial charge is 0.343 e. The van der Waals surface area contributed by atoms with Crippen LogP contribution >= 0.6 is 0 Å². The summed E-state index contributed by atoms with van der Waals surface area (Å²) >= 11 is 0. The van der Waals surface area contributed by atoms with Crippen LogP contribution in [0.15, 0.2) is 79.4 Å². The molecule has 3 rings (SSSR count). The lowest BCUT2D eigenvalue weighted by Gasteiger charge is -2.13. The third-order valence-corrected chi connectivity index (χ3v) is 9.58. The van der Waals surface area contributed by atoms with Crippen LogP contribution in [0.2, 0.25) is 0 Å². The first kappa shape index (κ1) is 45.8. The third-order valence-electron chi connectivity index (χ3n) is 9.58. The Labute approximate surface area is 336 Å². The lowest BCUT2D eigenvalue weighted by Crippen LogP contribution is -2.14. The van der Waals surface area contributed by atoms with Crippen molar-refractivity contribution in [1.82, 2.24) is 0 Å². The van der Waals surface area contributed by atoms with Gasteiger partial charge in [0.1, 0.15) is 28.6 Å². The van der Waals surface area contributed by atoms with Crippen molar-refractivity contribution in [2.45, 2.75) is 142 Å². The van der Waals surface area contributed by atoms with Crippen LogP contribution in [-0.2, 0) is 4.74 Å². The normalized spacial score (nSPS) is 10.8. The Morgan fingerprint density at radius 1 is 0.482 bits per heavy atom. The zero-order chi connectivity index (χ0) is 40.1. The predicted octanol–water partition coefficient (Wildman–Crippen LogP) is 13.1. The highest BCUT2D eigenvalue weighted by Gasteiger charge is 2.21. The molecule has 0 saturated heterocycles. The monoisotopic (exact) mass is 770 g/mol. The van der Waals surface area contributed by atoms with E-state index in [4.69, 9.17) is 23.7 Å². The highest BCUT2D eigenvalue weighted by Crippen LogP contribution is 2.28. The summed E-state index contributed by atoms with van der Waals surface area (Å²) in [6.45, 7) is 9.65. The molecule has 306 valence electrons. The predicted molar refractivity (Wildman–Crippen MR) is 224 cm³/mol. The van der Waals surface area contributed by atoms with E-state index in [1.807, 2.05) is 6.08 Å². The van der Waals surface area contributed by atoms with Crippen LogP contribution in [-0.4, -0.2) is 37.7 Å².